The maximum Gasteiger partial charge on any atom is 0.322 e. The van der Waals surface area contributed by atoms with Crippen LogP contribution in [0.3, 0.4) is 0 Å². The average Bonchev–Trinajstić information content (AvgIpc) is 3.08. The van der Waals surface area contributed by atoms with Crippen LogP contribution < -0.4 is 10.6 Å². The fourth-order valence-corrected chi connectivity index (χ4v) is 2.86. The minimum atomic E-state index is -0.616. The number of likely N-dealkylation sites (tertiary alicyclic amines) is 1. The van der Waals surface area contributed by atoms with Crippen LogP contribution in [-0.4, -0.2) is 29.4 Å². The molecule has 0 aliphatic carbocycles. The van der Waals surface area contributed by atoms with Gasteiger partial charge in [0.25, 0.3) is 0 Å². The number of anilines is 2. The Labute approximate surface area is 146 Å². The van der Waals surface area contributed by atoms with Gasteiger partial charge in [0.15, 0.2) is 0 Å². The van der Waals surface area contributed by atoms with Crippen LogP contribution in [0.25, 0.3) is 0 Å². The topological polar surface area (TPSA) is 85.2 Å². The SMILES string of the molecule is N#CC1CC(C(=O)Nc2ccccc2)CN1C(=O)Nc1ccccc1. The number of carbonyl (C=O) groups is 2. The third kappa shape index (κ3) is 3.96. The van der Waals surface area contributed by atoms with Crippen LogP contribution in [0.15, 0.2) is 60.7 Å². The Hall–Kier alpha value is -3.33. The van der Waals surface area contributed by atoms with Crippen molar-refractivity contribution < 1.29 is 9.59 Å². The number of hydrogen-bond donors (Lipinski definition) is 2. The lowest BCUT2D eigenvalue weighted by molar-refractivity contribution is -0.119. The van der Waals surface area contributed by atoms with Gasteiger partial charge in [-0.05, 0) is 30.7 Å². The highest BCUT2D eigenvalue weighted by Crippen LogP contribution is 2.25. The van der Waals surface area contributed by atoms with Crippen LogP contribution in [0.5, 0.6) is 0 Å². The molecule has 126 valence electrons. The molecule has 0 radical (unpaired) electrons. The molecule has 1 heterocycles. The Morgan fingerprint density at radius 3 is 2.08 bits per heavy atom. The number of para-hydroxylation sites is 2. The largest absolute Gasteiger partial charge is 0.326 e. The quantitative estimate of drug-likeness (QED) is 0.904. The van der Waals surface area contributed by atoms with Crippen LogP contribution in [0, 0.1) is 17.2 Å². The van der Waals surface area contributed by atoms with Gasteiger partial charge in [0.05, 0.1) is 12.0 Å². The van der Waals surface area contributed by atoms with Crippen molar-refractivity contribution in [1.82, 2.24) is 4.90 Å². The molecule has 2 N–H and O–H groups in total. The molecule has 3 amide bonds. The molecule has 1 fully saturated rings. The molecule has 0 aromatic heterocycles. The first kappa shape index (κ1) is 16.5. The van der Waals surface area contributed by atoms with E-state index in [1.54, 1.807) is 24.3 Å². The number of urea groups is 1. The molecule has 6 nitrogen and oxygen atoms in total. The van der Waals surface area contributed by atoms with Crippen molar-refractivity contribution in [3.05, 3.63) is 60.7 Å². The number of amides is 3. The lowest BCUT2D eigenvalue weighted by Gasteiger charge is -2.20. The summed E-state index contributed by atoms with van der Waals surface area (Å²) in [6.07, 6.45) is 0.331. The summed E-state index contributed by atoms with van der Waals surface area (Å²) in [6.45, 7) is 0.218. The predicted molar refractivity (Wildman–Crippen MR) is 94.7 cm³/mol. The summed E-state index contributed by atoms with van der Waals surface area (Å²) < 4.78 is 0. The van der Waals surface area contributed by atoms with Crippen molar-refractivity contribution in [2.45, 2.75) is 12.5 Å². The zero-order valence-electron chi connectivity index (χ0n) is 13.6. The van der Waals surface area contributed by atoms with Crippen molar-refractivity contribution in [3.63, 3.8) is 0 Å². The number of nitrogens with zero attached hydrogens (tertiary/aromatic N) is 2. The molecule has 0 bridgehead atoms. The lowest BCUT2D eigenvalue weighted by Crippen LogP contribution is -2.38. The minimum absolute atomic E-state index is 0.179. The van der Waals surface area contributed by atoms with E-state index < -0.39 is 12.0 Å². The van der Waals surface area contributed by atoms with E-state index in [0.717, 1.165) is 0 Å². The Bertz CT molecular complexity index is 786. The molecule has 1 saturated heterocycles. The molecule has 6 heteroatoms. The summed E-state index contributed by atoms with van der Waals surface area (Å²) in [6, 6.07) is 19.3. The van der Waals surface area contributed by atoms with Gasteiger partial charge in [-0.3, -0.25) is 4.79 Å². The summed E-state index contributed by atoms with van der Waals surface area (Å²) in [5, 5.41) is 14.9. The molecular formula is C19H18N4O2. The van der Waals surface area contributed by atoms with Crippen molar-refractivity contribution in [2.75, 3.05) is 17.2 Å². The number of hydrogen-bond acceptors (Lipinski definition) is 3. The highest BCUT2D eigenvalue weighted by Gasteiger charge is 2.39. The van der Waals surface area contributed by atoms with Crippen molar-refractivity contribution >= 4 is 23.3 Å². The van der Waals surface area contributed by atoms with E-state index in [1.165, 1.54) is 4.90 Å². The van der Waals surface area contributed by atoms with Gasteiger partial charge in [0.1, 0.15) is 6.04 Å². The average molecular weight is 334 g/mol. The van der Waals surface area contributed by atoms with Crippen molar-refractivity contribution in [2.24, 2.45) is 5.92 Å². The summed E-state index contributed by atoms with van der Waals surface area (Å²) >= 11 is 0. The first-order valence-corrected chi connectivity index (χ1v) is 8.05. The normalized spacial score (nSPS) is 19.1. The van der Waals surface area contributed by atoms with Crippen molar-refractivity contribution in [1.29, 1.82) is 5.26 Å². The molecule has 1 aliphatic heterocycles. The molecule has 2 aromatic carbocycles. The second-order valence-electron chi connectivity index (χ2n) is 5.88. The molecule has 2 unspecified atom stereocenters. The van der Waals surface area contributed by atoms with Gasteiger partial charge in [-0.25, -0.2) is 4.79 Å². The van der Waals surface area contributed by atoms with Gasteiger partial charge in [-0.15, -0.1) is 0 Å². The lowest BCUT2D eigenvalue weighted by atomic mass is 10.1. The first-order valence-electron chi connectivity index (χ1n) is 8.05. The Balaban J connectivity index is 1.65. The van der Waals surface area contributed by atoms with E-state index in [0.29, 0.717) is 17.8 Å². The van der Waals surface area contributed by atoms with E-state index in [9.17, 15) is 14.9 Å². The molecule has 0 saturated carbocycles. The fraction of sp³-hybridized carbons (Fsp3) is 0.211. The molecule has 1 aliphatic rings. The summed E-state index contributed by atoms with van der Waals surface area (Å²) in [5.74, 6) is -0.590. The second-order valence-corrected chi connectivity index (χ2v) is 5.88. The third-order valence-corrected chi connectivity index (χ3v) is 4.15. The number of nitriles is 1. The van der Waals surface area contributed by atoms with Gasteiger partial charge in [0.2, 0.25) is 5.91 Å². The Morgan fingerprint density at radius 2 is 1.52 bits per heavy atom. The van der Waals surface area contributed by atoms with Gasteiger partial charge < -0.3 is 15.5 Å². The number of benzene rings is 2. The second kappa shape index (κ2) is 7.49. The minimum Gasteiger partial charge on any atom is -0.326 e. The van der Waals surface area contributed by atoms with Crippen LogP contribution in [-0.2, 0) is 4.79 Å². The maximum absolute atomic E-state index is 12.4. The molecule has 2 atom stereocenters. The summed E-state index contributed by atoms with van der Waals surface area (Å²) in [5.41, 5.74) is 1.36. The van der Waals surface area contributed by atoms with Gasteiger partial charge >= 0.3 is 6.03 Å². The van der Waals surface area contributed by atoms with Gasteiger partial charge in [-0.1, -0.05) is 36.4 Å². The number of rotatable bonds is 3. The smallest absolute Gasteiger partial charge is 0.322 e. The number of carbonyl (C=O) groups excluding carboxylic acids is 2. The standard InChI is InChI=1S/C19H18N4O2/c20-12-17-11-14(18(24)21-15-7-3-1-4-8-15)13-23(17)19(25)22-16-9-5-2-6-10-16/h1-10,14,17H,11,13H2,(H,21,24)(H,22,25). The Kier molecular flexibility index (Phi) is 4.95. The predicted octanol–water partition coefficient (Wildman–Crippen LogP) is 3.07. The third-order valence-electron chi connectivity index (χ3n) is 4.15. The zero-order chi connectivity index (χ0) is 17.6. The Morgan fingerprint density at radius 1 is 0.960 bits per heavy atom. The van der Waals surface area contributed by atoms with Crippen molar-refractivity contribution in [3.8, 4) is 6.07 Å². The van der Waals surface area contributed by atoms with E-state index in [2.05, 4.69) is 16.7 Å². The zero-order valence-corrected chi connectivity index (χ0v) is 13.6. The molecule has 0 spiro atoms. The molecule has 3 rings (SSSR count). The molecule has 2 aromatic rings. The highest BCUT2D eigenvalue weighted by molar-refractivity contribution is 5.95. The summed E-state index contributed by atoms with van der Waals surface area (Å²) in [4.78, 5) is 26.3. The fourth-order valence-electron chi connectivity index (χ4n) is 2.86. The maximum atomic E-state index is 12.4. The first-order chi connectivity index (χ1) is 12.2. The number of nitrogens with one attached hydrogen (secondary N) is 2. The van der Waals surface area contributed by atoms with Gasteiger partial charge in [-0.2, -0.15) is 5.26 Å². The van der Waals surface area contributed by atoms with E-state index in [4.69, 9.17) is 0 Å². The van der Waals surface area contributed by atoms with Crippen LogP contribution in [0.4, 0.5) is 16.2 Å². The molecule has 25 heavy (non-hydrogen) atoms. The highest BCUT2D eigenvalue weighted by atomic mass is 16.2. The van der Waals surface area contributed by atoms with E-state index >= 15 is 0 Å². The van der Waals surface area contributed by atoms with Crippen LogP contribution in [0.2, 0.25) is 0 Å². The summed E-state index contributed by atoms with van der Waals surface area (Å²) in [7, 11) is 0. The van der Waals surface area contributed by atoms with Crippen LogP contribution in [0.1, 0.15) is 6.42 Å². The van der Waals surface area contributed by atoms with Crippen LogP contribution >= 0.6 is 0 Å². The van der Waals surface area contributed by atoms with E-state index in [1.807, 2.05) is 36.4 Å². The van der Waals surface area contributed by atoms with E-state index in [-0.39, 0.29) is 18.5 Å². The monoisotopic (exact) mass is 334 g/mol. The van der Waals surface area contributed by atoms with Gasteiger partial charge in [0, 0.05) is 17.9 Å². The molecular weight excluding hydrogens is 316 g/mol.